The molecule has 0 aliphatic carbocycles. The summed E-state index contributed by atoms with van der Waals surface area (Å²) in [5.41, 5.74) is 0.982. The molecule has 0 saturated carbocycles. The highest BCUT2D eigenvalue weighted by molar-refractivity contribution is 5.94. The molecule has 2 aromatic rings. The summed E-state index contributed by atoms with van der Waals surface area (Å²) < 4.78 is 5.85. The van der Waals surface area contributed by atoms with Crippen molar-refractivity contribution in [3.8, 4) is 5.75 Å². The van der Waals surface area contributed by atoms with Crippen molar-refractivity contribution in [2.24, 2.45) is 0 Å². The lowest BCUT2D eigenvalue weighted by atomic mass is 10.2. The highest BCUT2D eigenvalue weighted by atomic mass is 16.5. The van der Waals surface area contributed by atoms with Gasteiger partial charge in [0.15, 0.2) is 0 Å². The molecule has 0 spiro atoms. The van der Waals surface area contributed by atoms with E-state index in [0.29, 0.717) is 25.4 Å². The number of pyridine rings is 1. The van der Waals surface area contributed by atoms with Crippen molar-refractivity contribution in [3.05, 3.63) is 48.2 Å². The highest BCUT2D eigenvalue weighted by Crippen LogP contribution is 2.27. The fraction of sp³-hybridized carbons (Fsp3) is 0.316. The molecule has 136 valence electrons. The van der Waals surface area contributed by atoms with E-state index in [2.05, 4.69) is 10.3 Å². The quantitative estimate of drug-likeness (QED) is 0.861. The third-order valence-corrected chi connectivity index (χ3v) is 4.06. The lowest BCUT2D eigenvalue weighted by molar-refractivity contribution is -0.137. The number of ether oxygens (including phenoxy) is 1. The molecule has 7 nitrogen and oxygen atoms in total. The zero-order valence-electron chi connectivity index (χ0n) is 14.4. The lowest BCUT2D eigenvalue weighted by Gasteiger charge is -2.21. The first kappa shape index (κ1) is 17.7. The number of carboxylic acids is 1. The number of carbonyl (C=O) groups is 2. The van der Waals surface area contributed by atoms with Gasteiger partial charge in [0.25, 0.3) is 5.91 Å². The van der Waals surface area contributed by atoms with Gasteiger partial charge in [-0.1, -0.05) is 18.2 Å². The predicted molar refractivity (Wildman–Crippen MR) is 96.8 cm³/mol. The smallest absolute Gasteiger partial charge is 0.323 e. The molecule has 26 heavy (non-hydrogen) atoms. The van der Waals surface area contributed by atoms with Gasteiger partial charge < -0.3 is 20.1 Å². The Hall–Kier alpha value is -3.09. The van der Waals surface area contributed by atoms with Gasteiger partial charge >= 0.3 is 5.97 Å². The average Bonchev–Trinajstić information content (AvgIpc) is 2.63. The largest absolute Gasteiger partial charge is 0.491 e. The lowest BCUT2D eigenvalue weighted by Crippen LogP contribution is -2.37. The molecule has 0 saturated heterocycles. The number of carboxylic acid groups (broad SMARTS) is 1. The fourth-order valence-electron chi connectivity index (χ4n) is 2.80. The maximum atomic E-state index is 12.7. The molecular weight excluding hydrogens is 334 g/mol. The van der Waals surface area contributed by atoms with E-state index in [1.807, 2.05) is 24.3 Å². The Morgan fingerprint density at radius 3 is 2.85 bits per heavy atom. The van der Waals surface area contributed by atoms with Crippen LogP contribution in [0.4, 0.5) is 11.5 Å². The molecule has 7 heteroatoms. The number of nitrogens with one attached hydrogen (secondary N) is 1. The van der Waals surface area contributed by atoms with E-state index in [9.17, 15) is 9.59 Å². The average molecular weight is 355 g/mol. The summed E-state index contributed by atoms with van der Waals surface area (Å²) in [5, 5.41) is 12.3. The van der Waals surface area contributed by atoms with Crippen LogP contribution in [0.25, 0.3) is 0 Å². The monoisotopic (exact) mass is 355 g/mol. The molecule has 2 N–H and O–H groups in total. The molecule has 0 atom stereocenters. The zero-order valence-corrected chi connectivity index (χ0v) is 14.4. The third-order valence-electron chi connectivity index (χ3n) is 4.06. The molecule has 0 fully saturated rings. The van der Waals surface area contributed by atoms with Gasteiger partial charge in [-0.3, -0.25) is 9.59 Å². The molecule has 2 bridgehead atoms. The van der Waals surface area contributed by atoms with Crippen molar-refractivity contribution in [2.45, 2.75) is 19.3 Å². The number of hydrogen-bond acceptors (Lipinski definition) is 5. The van der Waals surface area contributed by atoms with Gasteiger partial charge in [-0.2, -0.15) is 0 Å². The van der Waals surface area contributed by atoms with Crippen molar-refractivity contribution in [3.63, 3.8) is 0 Å². The summed E-state index contributed by atoms with van der Waals surface area (Å²) >= 11 is 0. The first-order valence-corrected chi connectivity index (χ1v) is 8.60. The minimum absolute atomic E-state index is 0.215. The maximum absolute atomic E-state index is 12.7. The van der Waals surface area contributed by atoms with Crippen molar-refractivity contribution in [1.29, 1.82) is 0 Å². The fourth-order valence-corrected chi connectivity index (χ4v) is 2.80. The molecule has 2 heterocycles. The topological polar surface area (TPSA) is 91.8 Å². The number of carbonyl (C=O) groups excluding carboxylic acids is 1. The van der Waals surface area contributed by atoms with Crippen LogP contribution in [0.5, 0.6) is 5.75 Å². The molecule has 1 aliphatic rings. The molecule has 1 aromatic heterocycles. The summed E-state index contributed by atoms with van der Waals surface area (Å²) in [6, 6.07) is 12.6. The minimum atomic E-state index is -1.04. The van der Waals surface area contributed by atoms with Gasteiger partial charge in [-0.15, -0.1) is 0 Å². The Bertz CT molecular complexity index is 794. The van der Waals surface area contributed by atoms with E-state index >= 15 is 0 Å². The molecule has 1 amide bonds. The number of benzene rings is 1. The number of hydrogen-bond donors (Lipinski definition) is 2. The van der Waals surface area contributed by atoms with Crippen LogP contribution >= 0.6 is 0 Å². The van der Waals surface area contributed by atoms with E-state index in [0.717, 1.165) is 24.3 Å². The maximum Gasteiger partial charge on any atom is 0.323 e. The van der Waals surface area contributed by atoms with E-state index in [-0.39, 0.29) is 18.1 Å². The summed E-state index contributed by atoms with van der Waals surface area (Å²) in [4.78, 5) is 29.5. The molecule has 0 unspecified atom stereocenters. The Balaban J connectivity index is 1.92. The second-order valence-electron chi connectivity index (χ2n) is 6.06. The van der Waals surface area contributed by atoms with Gasteiger partial charge in [-0.05, 0) is 43.5 Å². The van der Waals surface area contributed by atoms with Gasteiger partial charge in [0.2, 0.25) is 0 Å². The highest BCUT2D eigenvalue weighted by Gasteiger charge is 2.20. The number of nitrogens with zero attached hydrogens (tertiary/aromatic N) is 2. The summed E-state index contributed by atoms with van der Waals surface area (Å²) in [6.45, 7) is 0.595. The van der Waals surface area contributed by atoms with Crippen LogP contribution in [0.2, 0.25) is 0 Å². The molecule has 3 rings (SSSR count). The molecule has 0 radical (unpaired) electrons. The first-order valence-electron chi connectivity index (χ1n) is 8.60. The Labute approximate surface area is 151 Å². The van der Waals surface area contributed by atoms with Crippen LogP contribution in [-0.4, -0.2) is 46.6 Å². The van der Waals surface area contributed by atoms with Crippen molar-refractivity contribution >= 4 is 23.4 Å². The van der Waals surface area contributed by atoms with Crippen molar-refractivity contribution in [1.82, 2.24) is 9.88 Å². The number of amides is 1. The van der Waals surface area contributed by atoms with Crippen LogP contribution < -0.4 is 10.1 Å². The standard InChI is InChI=1S/C19H21N3O4/c23-18(24)13-22-11-4-1-5-12-26-16-9-3-2-7-14(16)20-17-10-6-8-15(21-17)19(22)25/h2-3,6-10H,1,4-5,11-13H2,(H,20,21)(H,23,24). The summed E-state index contributed by atoms with van der Waals surface area (Å²) in [7, 11) is 0. The SMILES string of the molecule is O=C(O)CN1CCCCCOc2ccccc2Nc2cccc(n2)C1=O. The van der Waals surface area contributed by atoms with Crippen LogP contribution in [0.15, 0.2) is 42.5 Å². The van der Waals surface area contributed by atoms with Crippen LogP contribution in [0.3, 0.4) is 0 Å². The second kappa shape index (κ2) is 8.33. The number of aromatic nitrogens is 1. The Kier molecular flexibility index (Phi) is 5.68. The second-order valence-corrected chi connectivity index (χ2v) is 6.06. The normalized spacial score (nSPS) is 15.2. The predicted octanol–water partition coefficient (Wildman–Crippen LogP) is 2.91. The minimum Gasteiger partial charge on any atom is -0.491 e. The van der Waals surface area contributed by atoms with Crippen LogP contribution in [-0.2, 0) is 4.79 Å². The number of rotatable bonds is 2. The van der Waals surface area contributed by atoms with E-state index in [1.165, 1.54) is 4.90 Å². The molecule has 1 aromatic carbocycles. The first-order chi connectivity index (χ1) is 12.6. The molecular formula is C19H21N3O4. The van der Waals surface area contributed by atoms with Gasteiger partial charge in [-0.25, -0.2) is 4.98 Å². The van der Waals surface area contributed by atoms with E-state index in [4.69, 9.17) is 9.84 Å². The van der Waals surface area contributed by atoms with Crippen molar-refractivity contribution < 1.29 is 19.4 Å². The van der Waals surface area contributed by atoms with Gasteiger partial charge in [0, 0.05) is 6.54 Å². The van der Waals surface area contributed by atoms with Gasteiger partial charge in [0.1, 0.15) is 23.8 Å². The number of para-hydroxylation sites is 2. The Morgan fingerprint density at radius 2 is 2.00 bits per heavy atom. The van der Waals surface area contributed by atoms with Gasteiger partial charge in [0.05, 0.1) is 12.3 Å². The Morgan fingerprint density at radius 1 is 1.15 bits per heavy atom. The van der Waals surface area contributed by atoms with Crippen LogP contribution in [0.1, 0.15) is 29.8 Å². The number of anilines is 2. The van der Waals surface area contributed by atoms with Crippen LogP contribution in [0, 0.1) is 0 Å². The summed E-state index contributed by atoms with van der Waals surface area (Å²) in [6.07, 6.45) is 2.38. The summed E-state index contributed by atoms with van der Waals surface area (Å²) in [5.74, 6) is -0.182. The zero-order chi connectivity index (χ0) is 18.4. The van der Waals surface area contributed by atoms with Crippen molar-refractivity contribution in [2.75, 3.05) is 25.0 Å². The third kappa shape index (κ3) is 4.50. The van der Waals surface area contributed by atoms with E-state index in [1.54, 1.807) is 18.2 Å². The number of aliphatic carboxylic acids is 1. The number of fused-ring (bicyclic) bond motifs is 3. The molecule has 1 aliphatic heterocycles. The van der Waals surface area contributed by atoms with E-state index < -0.39 is 5.97 Å².